The van der Waals surface area contributed by atoms with Crippen molar-refractivity contribution in [2.75, 3.05) is 6.67 Å². The summed E-state index contributed by atoms with van der Waals surface area (Å²) in [4.78, 5) is 49.1. The molecule has 0 bridgehead atoms. The summed E-state index contributed by atoms with van der Waals surface area (Å²) in [6.07, 6.45) is 1.74. The van der Waals surface area contributed by atoms with Crippen LogP contribution in [0.4, 0.5) is 4.39 Å². The van der Waals surface area contributed by atoms with Crippen LogP contribution >= 0.6 is 0 Å². The first kappa shape index (κ1) is 22.9. The molecule has 1 amide bonds. The number of amides is 1. The van der Waals surface area contributed by atoms with Gasteiger partial charge in [-0.25, -0.2) is 9.07 Å². The van der Waals surface area contributed by atoms with Gasteiger partial charge in [-0.2, -0.15) is 5.10 Å². The van der Waals surface area contributed by atoms with Crippen LogP contribution in [0.25, 0.3) is 0 Å². The van der Waals surface area contributed by atoms with Gasteiger partial charge in [-0.05, 0) is 30.5 Å². The lowest BCUT2D eigenvalue weighted by Gasteiger charge is -2.23. The number of hydrogen-bond donors (Lipinski definition) is 2. The molecule has 30 heavy (non-hydrogen) atoms. The maximum Gasteiger partial charge on any atom is 0.313 e. The fourth-order valence-electron chi connectivity index (χ4n) is 3.13. The molecule has 0 fully saturated rings. The number of halogens is 1. The van der Waals surface area contributed by atoms with E-state index >= 15 is 0 Å². The Morgan fingerprint density at radius 2 is 1.93 bits per heavy atom. The van der Waals surface area contributed by atoms with Crippen molar-refractivity contribution in [2.45, 2.75) is 45.2 Å². The SMILES string of the molecule is CCCC(=O)NC(C(=O)CF)C(C(=O)O)c1ccnn(Cc2ccccc2C)c1=O. The van der Waals surface area contributed by atoms with Gasteiger partial charge in [0.25, 0.3) is 5.56 Å². The van der Waals surface area contributed by atoms with Crippen LogP contribution in [0.15, 0.2) is 41.3 Å². The Balaban J connectivity index is 2.49. The van der Waals surface area contributed by atoms with E-state index in [0.717, 1.165) is 15.8 Å². The van der Waals surface area contributed by atoms with Crippen LogP contribution in [-0.4, -0.2) is 45.3 Å². The third-order valence-corrected chi connectivity index (χ3v) is 4.73. The Morgan fingerprint density at radius 3 is 2.53 bits per heavy atom. The van der Waals surface area contributed by atoms with Gasteiger partial charge in [0.1, 0.15) is 18.6 Å². The molecular formula is C21H24FN3O5. The zero-order valence-corrected chi connectivity index (χ0v) is 16.8. The van der Waals surface area contributed by atoms with Gasteiger partial charge in [0.05, 0.1) is 6.54 Å². The molecule has 2 rings (SSSR count). The highest BCUT2D eigenvalue weighted by Crippen LogP contribution is 2.19. The fraction of sp³-hybridized carbons (Fsp3) is 0.381. The normalized spacial score (nSPS) is 12.8. The zero-order chi connectivity index (χ0) is 22.3. The standard InChI is InChI=1S/C21H24FN3O5/c1-3-6-17(27)24-19(16(26)11-22)18(21(29)30)15-9-10-23-25(20(15)28)12-14-8-5-4-7-13(14)2/h4-5,7-10,18-19H,3,6,11-12H2,1-2H3,(H,24,27)(H,29,30). The molecular weight excluding hydrogens is 393 g/mol. The molecule has 2 atom stereocenters. The molecule has 1 aromatic heterocycles. The average molecular weight is 417 g/mol. The number of ketones is 1. The summed E-state index contributed by atoms with van der Waals surface area (Å²) in [6, 6.07) is 6.80. The van der Waals surface area contributed by atoms with Crippen LogP contribution in [0.1, 0.15) is 42.4 Å². The van der Waals surface area contributed by atoms with E-state index in [-0.39, 0.29) is 18.5 Å². The number of benzene rings is 1. The minimum atomic E-state index is -1.74. The molecule has 2 N–H and O–H groups in total. The van der Waals surface area contributed by atoms with E-state index in [4.69, 9.17) is 0 Å². The van der Waals surface area contributed by atoms with Crippen molar-refractivity contribution < 1.29 is 23.9 Å². The summed E-state index contributed by atoms with van der Waals surface area (Å²) in [6.45, 7) is 2.22. The number of carbonyl (C=O) groups excluding carboxylic acids is 2. The molecule has 0 saturated heterocycles. The summed E-state index contributed by atoms with van der Waals surface area (Å²) < 4.78 is 14.2. The van der Waals surface area contributed by atoms with Crippen LogP contribution in [0.2, 0.25) is 0 Å². The molecule has 2 aromatic rings. The number of aromatic nitrogens is 2. The summed E-state index contributed by atoms with van der Waals surface area (Å²) in [5.41, 5.74) is 0.747. The molecule has 9 heteroatoms. The maximum atomic E-state index is 13.1. The van der Waals surface area contributed by atoms with Gasteiger partial charge in [0.15, 0.2) is 5.78 Å². The van der Waals surface area contributed by atoms with Crippen molar-refractivity contribution in [1.29, 1.82) is 0 Å². The third kappa shape index (κ3) is 5.37. The summed E-state index contributed by atoms with van der Waals surface area (Å²) in [5, 5.41) is 16.0. The molecule has 8 nitrogen and oxygen atoms in total. The Bertz CT molecular complexity index is 989. The molecule has 1 aromatic carbocycles. The molecule has 0 radical (unpaired) electrons. The summed E-state index contributed by atoms with van der Waals surface area (Å²) in [7, 11) is 0. The Hall–Kier alpha value is -3.36. The van der Waals surface area contributed by atoms with E-state index < -0.39 is 41.9 Å². The number of Topliss-reactive ketones (excluding diaryl/α,β-unsaturated/α-hetero) is 1. The molecule has 1 heterocycles. The number of carbonyl (C=O) groups is 3. The number of carboxylic acids is 1. The fourth-order valence-corrected chi connectivity index (χ4v) is 3.13. The largest absolute Gasteiger partial charge is 0.481 e. The number of nitrogens with one attached hydrogen (secondary N) is 1. The van der Waals surface area contributed by atoms with Crippen molar-refractivity contribution in [1.82, 2.24) is 15.1 Å². The predicted octanol–water partition coefficient (Wildman–Crippen LogP) is 1.59. The topological polar surface area (TPSA) is 118 Å². The number of rotatable bonds is 10. The monoisotopic (exact) mass is 417 g/mol. The van der Waals surface area contributed by atoms with Crippen LogP contribution < -0.4 is 10.9 Å². The average Bonchev–Trinajstić information content (AvgIpc) is 2.71. The van der Waals surface area contributed by atoms with Crippen LogP contribution in [0.5, 0.6) is 0 Å². The molecule has 0 aliphatic carbocycles. The first-order valence-electron chi connectivity index (χ1n) is 9.51. The van der Waals surface area contributed by atoms with Crippen molar-refractivity contribution >= 4 is 17.7 Å². The summed E-state index contributed by atoms with van der Waals surface area (Å²) >= 11 is 0. The van der Waals surface area contributed by atoms with Gasteiger partial charge in [-0.3, -0.25) is 19.2 Å². The second kappa shape index (κ2) is 10.4. The van der Waals surface area contributed by atoms with Crippen molar-refractivity contribution in [2.24, 2.45) is 0 Å². The predicted molar refractivity (Wildman–Crippen MR) is 107 cm³/mol. The van der Waals surface area contributed by atoms with Crippen LogP contribution in [-0.2, 0) is 20.9 Å². The maximum absolute atomic E-state index is 13.1. The Labute approximate surface area is 172 Å². The van der Waals surface area contributed by atoms with E-state index in [0.29, 0.717) is 6.42 Å². The van der Waals surface area contributed by atoms with Crippen LogP contribution in [0.3, 0.4) is 0 Å². The summed E-state index contributed by atoms with van der Waals surface area (Å²) in [5.74, 6) is -4.98. The van der Waals surface area contributed by atoms with E-state index in [1.165, 1.54) is 12.3 Å². The van der Waals surface area contributed by atoms with Crippen LogP contribution in [0, 0.1) is 6.92 Å². The van der Waals surface area contributed by atoms with E-state index in [1.54, 1.807) is 13.0 Å². The van der Waals surface area contributed by atoms with Gasteiger partial charge >= 0.3 is 5.97 Å². The number of hydrogen-bond acceptors (Lipinski definition) is 5. The van der Waals surface area contributed by atoms with E-state index in [9.17, 15) is 28.7 Å². The van der Waals surface area contributed by atoms with Crippen molar-refractivity contribution in [3.8, 4) is 0 Å². The second-order valence-electron chi connectivity index (χ2n) is 6.89. The number of nitrogens with zero attached hydrogens (tertiary/aromatic N) is 2. The first-order valence-corrected chi connectivity index (χ1v) is 9.51. The van der Waals surface area contributed by atoms with Crippen molar-refractivity contribution in [3.05, 3.63) is 63.6 Å². The van der Waals surface area contributed by atoms with Crippen molar-refractivity contribution in [3.63, 3.8) is 0 Å². The molecule has 0 saturated carbocycles. The molecule has 2 unspecified atom stereocenters. The van der Waals surface area contributed by atoms with Gasteiger partial charge in [-0.1, -0.05) is 31.2 Å². The first-order chi connectivity index (χ1) is 14.3. The Morgan fingerprint density at radius 1 is 1.23 bits per heavy atom. The number of alkyl halides is 1. The number of aryl methyl sites for hydroxylation is 1. The highest BCUT2D eigenvalue weighted by molar-refractivity contribution is 5.95. The molecule has 0 spiro atoms. The highest BCUT2D eigenvalue weighted by Gasteiger charge is 2.38. The minimum Gasteiger partial charge on any atom is -0.481 e. The van der Waals surface area contributed by atoms with E-state index in [2.05, 4.69) is 10.4 Å². The van der Waals surface area contributed by atoms with Gasteiger partial charge in [0, 0.05) is 18.2 Å². The lowest BCUT2D eigenvalue weighted by Crippen LogP contribution is -2.49. The van der Waals surface area contributed by atoms with Gasteiger partial charge in [0.2, 0.25) is 5.91 Å². The molecule has 0 aliphatic rings. The smallest absolute Gasteiger partial charge is 0.313 e. The van der Waals surface area contributed by atoms with Gasteiger partial charge in [-0.15, -0.1) is 0 Å². The molecule has 160 valence electrons. The molecule has 0 aliphatic heterocycles. The lowest BCUT2D eigenvalue weighted by molar-refractivity contribution is -0.142. The highest BCUT2D eigenvalue weighted by atomic mass is 19.1. The third-order valence-electron chi connectivity index (χ3n) is 4.73. The van der Waals surface area contributed by atoms with Gasteiger partial charge < -0.3 is 10.4 Å². The Kier molecular flexibility index (Phi) is 7.97. The minimum absolute atomic E-state index is 0.0380. The lowest BCUT2D eigenvalue weighted by atomic mass is 9.89. The second-order valence-corrected chi connectivity index (χ2v) is 6.89. The number of aliphatic carboxylic acids is 1. The zero-order valence-electron chi connectivity index (χ0n) is 16.8. The quantitative estimate of drug-likeness (QED) is 0.606. The van der Waals surface area contributed by atoms with E-state index in [1.807, 2.05) is 25.1 Å². The number of carboxylic acid groups (broad SMARTS) is 1.